The molecule has 0 fully saturated rings. The van der Waals surface area contributed by atoms with E-state index in [2.05, 4.69) is 4.98 Å². The maximum Gasteiger partial charge on any atom is 0.401 e. The molecular weight excluding hydrogens is 399 g/mol. The first kappa shape index (κ1) is 21.0. The number of nitrogens with zero attached hydrogens (tertiary/aromatic N) is 2. The van der Waals surface area contributed by atoms with Gasteiger partial charge in [-0.2, -0.15) is 13.2 Å². The Labute approximate surface area is 162 Å². The molecule has 10 heteroatoms. The molecule has 1 aliphatic rings. The lowest BCUT2D eigenvalue weighted by Crippen LogP contribution is -2.40. The Bertz CT molecular complexity index is 933. The molecule has 0 bridgehead atoms. The van der Waals surface area contributed by atoms with Gasteiger partial charge in [0.25, 0.3) is 0 Å². The fourth-order valence-corrected chi connectivity index (χ4v) is 3.31. The van der Waals surface area contributed by atoms with Crippen LogP contribution in [0.25, 0.3) is 11.1 Å². The largest absolute Gasteiger partial charge is 0.477 e. The highest BCUT2D eigenvalue weighted by Crippen LogP contribution is 2.37. The third-order valence-corrected chi connectivity index (χ3v) is 4.49. The molecule has 1 atom stereocenters. The van der Waals surface area contributed by atoms with Gasteiger partial charge >= 0.3 is 12.1 Å². The molecule has 1 aromatic heterocycles. The molecule has 29 heavy (non-hydrogen) atoms. The third kappa shape index (κ3) is 5.00. The zero-order chi connectivity index (χ0) is 21.3. The van der Waals surface area contributed by atoms with Crippen LogP contribution in [0.2, 0.25) is 0 Å². The summed E-state index contributed by atoms with van der Waals surface area (Å²) >= 11 is 0. The molecule has 0 radical (unpaired) electrons. The summed E-state index contributed by atoms with van der Waals surface area (Å²) in [4.78, 5) is 16.4. The zero-order valence-corrected chi connectivity index (χ0v) is 15.3. The number of hydrogen-bond donors (Lipinski definition) is 1. The predicted molar refractivity (Wildman–Crippen MR) is 92.8 cm³/mol. The van der Waals surface area contributed by atoms with Gasteiger partial charge in [0.2, 0.25) is 5.88 Å². The van der Waals surface area contributed by atoms with Gasteiger partial charge in [-0.15, -0.1) is 0 Å². The van der Waals surface area contributed by atoms with Crippen molar-refractivity contribution < 1.29 is 36.6 Å². The number of carboxylic acids is 1. The number of aromatic carboxylic acids is 1. The standard InChI is InChI=1S/C19H17F5N2O3/c1-26(9-19(22,23)24)8-11-3-5-13-14(12-4-2-10(20)6-15(12)21)7-16(18(27)28)25-17(13)29-11/h2,4,6-7,11H,3,5,8-9H2,1H3,(H,27,28). The normalized spacial score (nSPS) is 16.4. The molecule has 0 amide bonds. The molecule has 2 aromatic rings. The van der Waals surface area contributed by atoms with Gasteiger partial charge in [0.1, 0.15) is 17.7 Å². The topological polar surface area (TPSA) is 62.7 Å². The Kier molecular flexibility index (Phi) is 5.74. The van der Waals surface area contributed by atoms with Crippen molar-refractivity contribution in [1.82, 2.24) is 9.88 Å². The highest BCUT2D eigenvalue weighted by molar-refractivity contribution is 5.88. The van der Waals surface area contributed by atoms with E-state index in [0.717, 1.165) is 11.0 Å². The van der Waals surface area contributed by atoms with E-state index >= 15 is 0 Å². The van der Waals surface area contributed by atoms with Crippen LogP contribution in [0.15, 0.2) is 24.3 Å². The van der Waals surface area contributed by atoms with Crippen LogP contribution in [0.4, 0.5) is 22.0 Å². The summed E-state index contributed by atoms with van der Waals surface area (Å²) in [6.45, 7) is -1.16. The summed E-state index contributed by atoms with van der Waals surface area (Å²) in [5.41, 5.74) is 0.206. The van der Waals surface area contributed by atoms with E-state index in [0.29, 0.717) is 24.5 Å². The lowest BCUT2D eigenvalue weighted by molar-refractivity contribution is -0.145. The highest BCUT2D eigenvalue weighted by atomic mass is 19.4. The van der Waals surface area contributed by atoms with Gasteiger partial charge in [0, 0.05) is 23.7 Å². The Morgan fingerprint density at radius 2 is 2.00 bits per heavy atom. The van der Waals surface area contributed by atoms with Crippen LogP contribution in [0.3, 0.4) is 0 Å². The molecule has 0 aliphatic carbocycles. The fraction of sp³-hybridized carbons (Fsp3) is 0.368. The number of likely N-dealkylation sites (N-methyl/N-ethyl adjacent to an activating group) is 1. The van der Waals surface area contributed by atoms with Gasteiger partial charge in [0.05, 0.1) is 6.54 Å². The number of fused-ring (bicyclic) bond motifs is 1. The SMILES string of the molecule is CN(CC1CCc2c(-c3ccc(F)cc3F)cc(C(=O)O)nc2O1)CC(F)(F)F. The molecule has 0 saturated heterocycles. The van der Waals surface area contributed by atoms with Crippen molar-refractivity contribution >= 4 is 5.97 Å². The number of halogens is 5. The second kappa shape index (κ2) is 7.94. The van der Waals surface area contributed by atoms with Gasteiger partial charge in [-0.05, 0) is 43.7 Å². The molecule has 0 spiro atoms. The number of carboxylic acid groups (broad SMARTS) is 1. The number of carbonyl (C=O) groups is 1. The van der Waals surface area contributed by atoms with Gasteiger partial charge in [-0.25, -0.2) is 18.6 Å². The number of hydrogen-bond acceptors (Lipinski definition) is 4. The van der Waals surface area contributed by atoms with Crippen molar-refractivity contribution in [3.05, 3.63) is 47.2 Å². The summed E-state index contributed by atoms with van der Waals surface area (Å²) < 4.78 is 70.8. The zero-order valence-electron chi connectivity index (χ0n) is 15.3. The third-order valence-electron chi connectivity index (χ3n) is 4.49. The average molecular weight is 416 g/mol. The van der Waals surface area contributed by atoms with Gasteiger partial charge in [-0.1, -0.05) is 0 Å². The van der Waals surface area contributed by atoms with Crippen LogP contribution in [0.1, 0.15) is 22.5 Å². The summed E-state index contributed by atoms with van der Waals surface area (Å²) in [6, 6.07) is 4.09. The maximum absolute atomic E-state index is 14.3. The van der Waals surface area contributed by atoms with E-state index in [1.807, 2.05) is 0 Å². The van der Waals surface area contributed by atoms with Crippen LogP contribution in [-0.4, -0.2) is 53.4 Å². The molecule has 5 nitrogen and oxygen atoms in total. The second-order valence-corrected chi connectivity index (χ2v) is 6.86. The van der Waals surface area contributed by atoms with E-state index in [1.165, 1.54) is 19.2 Å². The molecule has 3 rings (SSSR count). The van der Waals surface area contributed by atoms with Gasteiger partial charge < -0.3 is 9.84 Å². The predicted octanol–water partition coefficient (Wildman–Crippen LogP) is 3.91. The fourth-order valence-electron chi connectivity index (χ4n) is 3.31. The van der Waals surface area contributed by atoms with Crippen molar-refractivity contribution in [1.29, 1.82) is 0 Å². The Balaban J connectivity index is 1.93. The molecule has 156 valence electrons. The lowest BCUT2D eigenvalue weighted by atomic mass is 9.94. The summed E-state index contributed by atoms with van der Waals surface area (Å²) in [5.74, 6) is -3.10. The van der Waals surface area contributed by atoms with E-state index in [-0.39, 0.29) is 23.6 Å². The molecule has 0 saturated carbocycles. The minimum atomic E-state index is -4.36. The average Bonchev–Trinajstić information content (AvgIpc) is 2.59. The molecule has 2 heterocycles. The summed E-state index contributed by atoms with van der Waals surface area (Å²) in [6.07, 6.45) is -4.38. The van der Waals surface area contributed by atoms with Crippen molar-refractivity contribution in [2.24, 2.45) is 0 Å². The Morgan fingerprint density at radius 3 is 2.62 bits per heavy atom. The Hall–Kier alpha value is -2.75. The van der Waals surface area contributed by atoms with Crippen molar-refractivity contribution in [2.45, 2.75) is 25.1 Å². The van der Waals surface area contributed by atoms with Gasteiger partial charge in [-0.3, -0.25) is 4.90 Å². The first-order chi connectivity index (χ1) is 13.5. The first-order valence-corrected chi connectivity index (χ1v) is 8.68. The van der Waals surface area contributed by atoms with Gasteiger partial charge in [0.15, 0.2) is 5.69 Å². The summed E-state index contributed by atoms with van der Waals surface area (Å²) in [7, 11) is 1.30. The second-order valence-electron chi connectivity index (χ2n) is 6.86. The minimum absolute atomic E-state index is 0.0104. The van der Waals surface area contributed by atoms with Crippen LogP contribution < -0.4 is 4.74 Å². The first-order valence-electron chi connectivity index (χ1n) is 8.68. The van der Waals surface area contributed by atoms with Crippen molar-refractivity contribution in [3.63, 3.8) is 0 Å². The van der Waals surface area contributed by atoms with Crippen LogP contribution in [0, 0.1) is 11.6 Å². The molecule has 1 N–H and O–H groups in total. The number of rotatable bonds is 5. The maximum atomic E-state index is 14.3. The van der Waals surface area contributed by atoms with E-state index in [9.17, 15) is 31.9 Å². The van der Waals surface area contributed by atoms with Crippen LogP contribution in [0.5, 0.6) is 5.88 Å². The number of alkyl halides is 3. The van der Waals surface area contributed by atoms with E-state index in [4.69, 9.17) is 4.74 Å². The van der Waals surface area contributed by atoms with Crippen LogP contribution >= 0.6 is 0 Å². The summed E-state index contributed by atoms with van der Waals surface area (Å²) in [5, 5.41) is 9.31. The number of pyridine rings is 1. The lowest BCUT2D eigenvalue weighted by Gasteiger charge is -2.30. The number of aromatic nitrogens is 1. The van der Waals surface area contributed by atoms with Crippen LogP contribution in [-0.2, 0) is 6.42 Å². The number of benzene rings is 1. The molecular formula is C19H17F5N2O3. The molecule has 1 unspecified atom stereocenters. The Morgan fingerprint density at radius 1 is 1.28 bits per heavy atom. The van der Waals surface area contributed by atoms with Crippen molar-refractivity contribution in [2.75, 3.05) is 20.1 Å². The monoisotopic (exact) mass is 416 g/mol. The smallest absolute Gasteiger partial charge is 0.401 e. The quantitative estimate of drug-likeness (QED) is 0.749. The molecule has 1 aliphatic heterocycles. The molecule has 1 aromatic carbocycles. The number of ether oxygens (including phenoxy) is 1. The van der Waals surface area contributed by atoms with E-state index < -0.39 is 42.1 Å². The van der Waals surface area contributed by atoms with E-state index in [1.54, 1.807) is 0 Å². The van der Waals surface area contributed by atoms with Crippen molar-refractivity contribution in [3.8, 4) is 17.0 Å². The highest BCUT2D eigenvalue weighted by Gasteiger charge is 2.32. The minimum Gasteiger partial charge on any atom is -0.477 e.